The van der Waals surface area contributed by atoms with Crippen LogP contribution in [0.15, 0.2) is 12.3 Å². The van der Waals surface area contributed by atoms with Crippen molar-refractivity contribution in [3.63, 3.8) is 0 Å². The Morgan fingerprint density at radius 1 is 1.29 bits per heavy atom. The number of anilines is 2. The Morgan fingerprint density at radius 2 is 1.89 bits per heavy atom. The van der Waals surface area contributed by atoms with Gasteiger partial charge in [0.05, 0.1) is 23.5 Å². The van der Waals surface area contributed by atoms with E-state index < -0.39 is 24.4 Å². The molecule has 2 fully saturated rings. The number of alkyl halides is 3. The first-order valence-electron chi connectivity index (χ1n) is 9.14. The molecular formula is C18H24ClF3N4O2. The van der Waals surface area contributed by atoms with E-state index in [0.29, 0.717) is 24.6 Å². The molecule has 2 aliphatic heterocycles. The Hall–Kier alpha value is -1.74. The van der Waals surface area contributed by atoms with E-state index in [2.05, 4.69) is 10.3 Å². The lowest BCUT2D eigenvalue weighted by Gasteiger charge is -2.41. The number of halogens is 4. The van der Waals surface area contributed by atoms with E-state index in [1.165, 1.54) is 6.20 Å². The predicted molar refractivity (Wildman–Crippen MR) is 101 cm³/mol. The van der Waals surface area contributed by atoms with Crippen molar-refractivity contribution in [3.8, 4) is 0 Å². The number of carbonyl (C=O) groups excluding carboxylic acids is 1. The van der Waals surface area contributed by atoms with E-state index in [4.69, 9.17) is 16.3 Å². The lowest BCUT2D eigenvalue weighted by molar-refractivity contribution is -0.153. The second-order valence-corrected chi connectivity index (χ2v) is 8.63. The highest BCUT2D eigenvalue weighted by molar-refractivity contribution is 6.33. The van der Waals surface area contributed by atoms with Crippen molar-refractivity contribution in [1.82, 2.24) is 9.88 Å². The van der Waals surface area contributed by atoms with Crippen LogP contribution in [-0.4, -0.2) is 59.5 Å². The first-order chi connectivity index (χ1) is 12.9. The highest BCUT2D eigenvalue weighted by Gasteiger charge is 2.45. The number of aromatic nitrogens is 1. The number of fused-ring (bicyclic) bond motifs is 2. The highest BCUT2D eigenvalue weighted by Crippen LogP contribution is 2.35. The van der Waals surface area contributed by atoms with Crippen molar-refractivity contribution in [2.45, 2.75) is 57.5 Å². The van der Waals surface area contributed by atoms with Crippen LogP contribution in [0.1, 0.15) is 33.6 Å². The summed E-state index contributed by atoms with van der Waals surface area (Å²) in [4.78, 5) is 19.8. The normalized spacial score (nSPS) is 23.0. The van der Waals surface area contributed by atoms with Gasteiger partial charge in [0.2, 0.25) is 0 Å². The van der Waals surface area contributed by atoms with E-state index in [1.807, 2.05) is 4.90 Å². The molecule has 2 atom stereocenters. The predicted octanol–water partition coefficient (Wildman–Crippen LogP) is 4.30. The topological polar surface area (TPSA) is 57.7 Å². The van der Waals surface area contributed by atoms with Crippen LogP contribution in [-0.2, 0) is 4.74 Å². The van der Waals surface area contributed by atoms with Crippen LogP contribution in [0.4, 0.5) is 29.5 Å². The average molecular weight is 421 g/mol. The fourth-order valence-corrected chi connectivity index (χ4v) is 3.90. The molecule has 1 N–H and O–H groups in total. The molecule has 3 heterocycles. The van der Waals surface area contributed by atoms with Gasteiger partial charge in [0.15, 0.2) is 0 Å². The van der Waals surface area contributed by atoms with Gasteiger partial charge in [-0.05, 0) is 33.6 Å². The van der Waals surface area contributed by atoms with Crippen LogP contribution >= 0.6 is 11.6 Å². The van der Waals surface area contributed by atoms with Gasteiger partial charge in [0.1, 0.15) is 11.4 Å². The van der Waals surface area contributed by atoms with Gasteiger partial charge in [-0.1, -0.05) is 11.6 Å². The zero-order chi connectivity index (χ0) is 20.7. The molecular weight excluding hydrogens is 397 g/mol. The summed E-state index contributed by atoms with van der Waals surface area (Å²) in [7, 11) is 0. The van der Waals surface area contributed by atoms with Crippen LogP contribution in [0.25, 0.3) is 0 Å². The van der Waals surface area contributed by atoms with Gasteiger partial charge in [-0.25, -0.2) is 9.78 Å². The summed E-state index contributed by atoms with van der Waals surface area (Å²) in [6.45, 7) is 5.28. The Bertz CT molecular complexity index is 725. The summed E-state index contributed by atoms with van der Waals surface area (Å²) < 4.78 is 43.7. The van der Waals surface area contributed by atoms with Gasteiger partial charge in [-0.3, -0.25) is 10.2 Å². The number of nitrogens with zero attached hydrogens (tertiary/aromatic N) is 3. The van der Waals surface area contributed by atoms with Crippen molar-refractivity contribution >= 4 is 29.2 Å². The molecule has 1 aromatic heterocycles. The second kappa shape index (κ2) is 7.59. The van der Waals surface area contributed by atoms with Crippen molar-refractivity contribution in [2.24, 2.45) is 0 Å². The molecule has 0 saturated carbocycles. The van der Waals surface area contributed by atoms with Crippen LogP contribution in [0, 0.1) is 0 Å². The quantitative estimate of drug-likeness (QED) is 0.790. The minimum absolute atomic E-state index is 0.167. The first kappa shape index (κ1) is 21.0. The van der Waals surface area contributed by atoms with E-state index >= 15 is 0 Å². The minimum atomic E-state index is -4.20. The second-order valence-electron chi connectivity index (χ2n) is 8.23. The Kier molecular flexibility index (Phi) is 5.69. The zero-order valence-corrected chi connectivity index (χ0v) is 16.8. The molecule has 3 rings (SSSR count). The number of ether oxygens (including phenoxy) is 1. The summed E-state index contributed by atoms with van der Waals surface area (Å²) in [5.41, 5.74) is -0.300. The molecule has 2 bridgehead atoms. The van der Waals surface area contributed by atoms with Crippen molar-refractivity contribution in [2.75, 3.05) is 29.9 Å². The summed E-state index contributed by atoms with van der Waals surface area (Å²) in [6, 6.07) is 1.30. The molecule has 2 aliphatic rings. The maximum atomic E-state index is 12.8. The molecule has 10 heteroatoms. The zero-order valence-electron chi connectivity index (χ0n) is 16.0. The molecule has 0 radical (unpaired) electrons. The number of nitrogens with one attached hydrogen (secondary N) is 1. The third kappa shape index (κ3) is 5.20. The molecule has 1 amide bonds. The maximum absolute atomic E-state index is 12.8. The van der Waals surface area contributed by atoms with Gasteiger partial charge in [-0.2, -0.15) is 13.2 Å². The minimum Gasteiger partial charge on any atom is -0.444 e. The smallest absolute Gasteiger partial charge is 0.412 e. The van der Waals surface area contributed by atoms with Crippen molar-refractivity contribution in [3.05, 3.63) is 17.3 Å². The molecule has 2 unspecified atom stereocenters. The number of piperazine rings is 1. The van der Waals surface area contributed by atoms with E-state index in [1.54, 1.807) is 31.7 Å². The van der Waals surface area contributed by atoms with Gasteiger partial charge in [0.25, 0.3) is 0 Å². The third-order valence-corrected chi connectivity index (χ3v) is 5.10. The Balaban J connectivity index is 1.71. The van der Waals surface area contributed by atoms with E-state index in [0.717, 1.165) is 12.8 Å². The van der Waals surface area contributed by atoms with Crippen LogP contribution in [0.2, 0.25) is 5.02 Å². The van der Waals surface area contributed by atoms with Crippen LogP contribution in [0.5, 0.6) is 0 Å². The summed E-state index contributed by atoms with van der Waals surface area (Å²) in [5, 5.41) is 2.86. The van der Waals surface area contributed by atoms with Gasteiger partial charge in [-0.15, -0.1) is 0 Å². The lowest BCUT2D eigenvalue weighted by atomic mass is 10.2. The third-order valence-electron chi connectivity index (χ3n) is 4.80. The number of amides is 1. The van der Waals surface area contributed by atoms with Crippen LogP contribution < -0.4 is 10.2 Å². The number of hydrogen-bond acceptors (Lipinski definition) is 5. The highest BCUT2D eigenvalue weighted by atomic mass is 35.5. The first-order valence-corrected chi connectivity index (χ1v) is 9.52. The Labute approximate surface area is 167 Å². The molecule has 28 heavy (non-hydrogen) atoms. The van der Waals surface area contributed by atoms with Crippen molar-refractivity contribution in [1.29, 1.82) is 0 Å². The average Bonchev–Trinajstić information content (AvgIpc) is 2.76. The van der Waals surface area contributed by atoms with E-state index in [-0.39, 0.29) is 17.1 Å². The SMILES string of the molecule is CC(C)(C)OC(=O)Nc1cc(N2CC3CCC(C2)N3CC(F)(F)F)ncc1Cl. The summed E-state index contributed by atoms with van der Waals surface area (Å²) in [5.74, 6) is 0.569. The molecule has 6 nitrogen and oxygen atoms in total. The number of hydrogen-bond donors (Lipinski definition) is 1. The maximum Gasteiger partial charge on any atom is 0.412 e. The largest absolute Gasteiger partial charge is 0.444 e. The molecule has 0 spiro atoms. The van der Waals surface area contributed by atoms with Gasteiger partial charge in [0, 0.05) is 31.2 Å². The van der Waals surface area contributed by atoms with Crippen LogP contribution in [0.3, 0.4) is 0 Å². The number of carbonyl (C=O) groups is 1. The Morgan fingerprint density at radius 3 is 2.43 bits per heavy atom. The fourth-order valence-electron chi connectivity index (χ4n) is 3.75. The monoisotopic (exact) mass is 420 g/mol. The summed E-state index contributed by atoms with van der Waals surface area (Å²) in [6.07, 6.45) is -1.96. The summed E-state index contributed by atoms with van der Waals surface area (Å²) >= 11 is 6.13. The van der Waals surface area contributed by atoms with Crippen molar-refractivity contribution < 1.29 is 22.7 Å². The molecule has 156 valence electrons. The molecule has 0 aliphatic carbocycles. The van der Waals surface area contributed by atoms with Gasteiger partial charge >= 0.3 is 12.3 Å². The lowest BCUT2D eigenvalue weighted by Crippen LogP contribution is -2.56. The molecule has 1 aromatic rings. The van der Waals surface area contributed by atoms with E-state index in [9.17, 15) is 18.0 Å². The number of pyridine rings is 1. The standard InChI is InChI=1S/C18H24ClF3N4O2/c1-17(2,3)28-16(27)24-14-6-15(23-7-13(14)19)25-8-11-4-5-12(9-25)26(11)10-18(20,21)22/h6-7,11-12H,4-5,8-10H2,1-3H3,(H,23,24,27). The fraction of sp³-hybridized carbons (Fsp3) is 0.667. The number of rotatable bonds is 3. The molecule has 2 saturated heterocycles. The van der Waals surface area contributed by atoms with Gasteiger partial charge < -0.3 is 9.64 Å². The molecule has 0 aromatic carbocycles.